The molecule has 0 saturated heterocycles. The van der Waals surface area contributed by atoms with Crippen molar-refractivity contribution < 1.29 is 14.5 Å². The van der Waals surface area contributed by atoms with E-state index in [1.165, 1.54) is 37.1 Å². The van der Waals surface area contributed by atoms with E-state index in [9.17, 15) is 14.9 Å². The van der Waals surface area contributed by atoms with Crippen molar-refractivity contribution in [2.45, 2.75) is 12.1 Å². The summed E-state index contributed by atoms with van der Waals surface area (Å²) in [7, 11) is 1.38. The molecule has 0 unspecified atom stereocenters. The van der Waals surface area contributed by atoms with Gasteiger partial charge in [-0.2, -0.15) is 0 Å². The third-order valence-electron chi connectivity index (χ3n) is 3.89. The van der Waals surface area contributed by atoms with Crippen molar-refractivity contribution in [2.24, 2.45) is 0 Å². The number of hydrogen-bond donors (Lipinski definition) is 1. The molecule has 0 saturated carbocycles. The Balaban J connectivity index is 1.69. The molecule has 0 fully saturated rings. The predicted octanol–water partition coefficient (Wildman–Crippen LogP) is 3.22. The highest BCUT2D eigenvalue weighted by Crippen LogP contribution is 2.29. The number of non-ortho nitro benzene ring substituents is 1. The summed E-state index contributed by atoms with van der Waals surface area (Å²) in [6.07, 6.45) is 1.60. The molecule has 3 rings (SSSR count). The van der Waals surface area contributed by atoms with Crippen molar-refractivity contribution >= 4 is 29.0 Å². The SMILES string of the molecule is COc1cc([N+](=O)[O-])ccc1NC(=O)CSc1nncn1-c1ccccc1C. The van der Waals surface area contributed by atoms with E-state index in [0.717, 1.165) is 11.3 Å². The number of para-hydroxylation sites is 1. The van der Waals surface area contributed by atoms with Gasteiger partial charge in [0.15, 0.2) is 5.16 Å². The standard InChI is InChI=1S/C18H17N5O4S/c1-12-5-3-4-6-15(12)22-11-19-21-18(22)28-10-17(24)20-14-8-7-13(23(25)26)9-16(14)27-2/h3-9,11H,10H2,1-2H3,(H,20,24). The van der Waals surface area contributed by atoms with Crippen molar-refractivity contribution in [1.82, 2.24) is 14.8 Å². The Morgan fingerprint density at radius 1 is 1.32 bits per heavy atom. The third kappa shape index (κ3) is 4.29. The Morgan fingerprint density at radius 2 is 2.11 bits per heavy atom. The van der Waals surface area contributed by atoms with Gasteiger partial charge in [0.1, 0.15) is 12.1 Å². The van der Waals surface area contributed by atoms with Crippen molar-refractivity contribution in [3.63, 3.8) is 0 Å². The van der Waals surface area contributed by atoms with Gasteiger partial charge in [-0.15, -0.1) is 10.2 Å². The fourth-order valence-corrected chi connectivity index (χ4v) is 3.26. The van der Waals surface area contributed by atoms with E-state index in [-0.39, 0.29) is 23.1 Å². The number of nitrogens with one attached hydrogen (secondary N) is 1. The Hall–Kier alpha value is -3.40. The first kappa shape index (κ1) is 19.4. The van der Waals surface area contributed by atoms with Crippen molar-refractivity contribution in [2.75, 3.05) is 18.2 Å². The lowest BCUT2D eigenvalue weighted by atomic mass is 10.2. The van der Waals surface area contributed by atoms with Gasteiger partial charge in [-0.1, -0.05) is 30.0 Å². The van der Waals surface area contributed by atoms with E-state index in [0.29, 0.717) is 10.8 Å². The second-order valence-corrected chi connectivity index (χ2v) is 6.69. The maximum absolute atomic E-state index is 12.3. The topological polar surface area (TPSA) is 112 Å². The van der Waals surface area contributed by atoms with Gasteiger partial charge in [-0.25, -0.2) is 0 Å². The van der Waals surface area contributed by atoms with Crippen LogP contribution in [0.4, 0.5) is 11.4 Å². The van der Waals surface area contributed by atoms with Gasteiger partial charge in [0.25, 0.3) is 5.69 Å². The quantitative estimate of drug-likeness (QED) is 0.369. The van der Waals surface area contributed by atoms with Gasteiger partial charge < -0.3 is 10.1 Å². The molecule has 10 heteroatoms. The minimum Gasteiger partial charge on any atom is -0.494 e. The lowest BCUT2D eigenvalue weighted by molar-refractivity contribution is -0.384. The van der Waals surface area contributed by atoms with E-state index in [1.54, 1.807) is 6.33 Å². The van der Waals surface area contributed by atoms with Crippen molar-refractivity contribution in [3.8, 4) is 11.4 Å². The van der Waals surface area contributed by atoms with Gasteiger partial charge in [0.05, 0.1) is 35.2 Å². The molecule has 144 valence electrons. The number of aryl methyl sites for hydroxylation is 1. The molecule has 0 radical (unpaired) electrons. The second-order valence-electron chi connectivity index (χ2n) is 5.75. The van der Waals surface area contributed by atoms with Crippen LogP contribution in [0.2, 0.25) is 0 Å². The van der Waals surface area contributed by atoms with Gasteiger partial charge in [-0.05, 0) is 24.6 Å². The van der Waals surface area contributed by atoms with Crippen LogP contribution in [0.25, 0.3) is 5.69 Å². The highest BCUT2D eigenvalue weighted by molar-refractivity contribution is 7.99. The summed E-state index contributed by atoms with van der Waals surface area (Å²) in [6, 6.07) is 11.8. The van der Waals surface area contributed by atoms with Gasteiger partial charge >= 0.3 is 0 Å². The molecule has 28 heavy (non-hydrogen) atoms. The number of methoxy groups -OCH3 is 1. The number of nitro benzene ring substituents is 1. The Kier molecular flexibility index (Phi) is 5.90. The molecule has 2 aromatic carbocycles. The van der Waals surface area contributed by atoms with Crippen LogP contribution in [-0.4, -0.2) is 38.5 Å². The van der Waals surface area contributed by atoms with Crippen LogP contribution in [0.5, 0.6) is 5.75 Å². The maximum atomic E-state index is 12.3. The zero-order valence-corrected chi connectivity index (χ0v) is 16.0. The molecule has 3 aromatic rings. The first-order chi connectivity index (χ1) is 13.5. The molecular weight excluding hydrogens is 382 g/mol. The monoisotopic (exact) mass is 399 g/mol. The first-order valence-corrected chi connectivity index (χ1v) is 9.19. The molecule has 1 amide bonds. The fourth-order valence-electron chi connectivity index (χ4n) is 2.53. The number of hydrogen-bond acceptors (Lipinski definition) is 7. The summed E-state index contributed by atoms with van der Waals surface area (Å²) in [4.78, 5) is 22.7. The summed E-state index contributed by atoms with van der Waals surface area (Å²) in [5, 5.41) is 22.1. The molecule has 1 N–H and O–H groups in total. The summed E-state index contributed by atoms with van der Waals surface area (Å²) < 4.78 is 6.94. The van der Waals surface area contributed by atoms with E-state index in [4.69, 9.17) is 4.74 Å². The number of benzene rings is 2. The number of anilines is 1. The van der Waals surface area contributed by atoms with E-state index >= 15 is 0 Å². The summed E-state index contributed by atoms with van der Waals surface area (Å²) >= 11 is 1.23. The van der Waals surface area contributed by atoms with Crippen LogP contribution < -0.4 is 10.1 Å². The average Bonchev–Trinajstić information content (AvgIpc) is 3.15. The molecule has 9 nitrogen and oxygen atoms in total. The molecule has 0 aliphatic rings. The predicted molar refractivity (Wildman–Crippen MR) is 105 cm³/mol. The lowest BCUT2D eigenvalue weighted by Gasteiger charge is -2.11. The number of carbonyl (C=O) groups is 1. The summed E-state index contributed by atoms with van der Waals surface area (Å²) in [5.41, 5.74) is 2.24. The fraction of sp³-hybridized carbons (Fsp3) is 0.167. The zero-order valence-electron chi connectivity index (χ0n) is 15.2. The Bertz CT molecular complexity index is 1020. The number of rotatable bonds is 7. The number of nitro groups is 1. The molecule has 0 spiro atoms. The zero-order chi connectivity index (χ0) is 20.1. The summed E-state index contributed by atoms with van der Waals surface area (Å²) in [5.74, 6) is 0.0113. The van der Waals surface area contributed by atoms with E-state index in [1.807, 2.05) is 35.8 Å². The van der Waals surface area contributed by atoms with Gasteiger partial charge in [-0.3, -0.25) is 19.5 Å². The van der Waals surface area contributed by atoms with Gasteiger partial charge in [0, 0.05) is 6.07 Å². The smallest absolute Gasteiger partial charge is 0.273 e. The van der Waals surface area contributed by atoms with Gasteiger partial charge in [0.2, 0.25) is 5.91 Å². The molecule has 0 bridgehead atoms. The maximum Gasteiger partial charge on any atom is 0.273 e. The van der Waals surface area contributed by atoms with E-state index < -0.39 is 4.92 Å². The number of thioether (sulfide) groups is 1. The van der Waals surface area contributed by atoms with E-state index in [2.05, 4.69) is 15.5 Å². The number of carbonyl (C=O) groups excluding carboxylic acids is 1. The number of aromatic nitrogens is 3. The highest BCUT2D eigenvalue weighted by Gasteiger charge is 2.15. The minimum atomic E-state index is -0.525. The van der Waals surface area contributed by atoms with Crippen molar-refractivity contribution in [1.29, 1.82) is 0 Å². The molecule has 1 heterocycles. The highest BCUT2D eigenvalue weighted by atomic mass is 32.2. The molecule has 1 aromatic heterocycles. The third-order valence-corrected chi connectivity index (χ3v) is 4.84. The normalized spacial score (nSPS) is 10.5. The van der Waals surface area contributed by atoms with Crippen molar-refractivity contribution in [3.05, 3.63) is 64.5 Å². The van der Waals surface area contributed by atoms with Crippen LogP contribution in [0.15, 0.2) is 53.9 Å². The Morgan fingerprint density at radius 3 is 2.82 bits per heavy atom. The second kappa shape index (κ2) is 8.53. The van der Waals surface area contributed by atoms with Crippen LogP contribution in [0.3, 0.4) is 0 Å². The molecular formula is C18H17N5O4S. The number of amides is 1. The Labute approximate surface area is 164 Å². The van der Waals surface area contributed by atoms with Crippen LogP contribution in [-0.2, 0) is 4.79 Å². The molecule has 0 aliphatic heterocycles. The average molecular weight is 399 g/mol. The number of nitrogens with zero attached hydrogens (tertiary/aromatic N) is 4. The molecule has 0 atom stereocenters. The minimum absolute atomic E-state index is 0.0880. The van der Waals surface area contributed by atoms with Crippen LogP contribution in [0.1, 0.15) is 5.56 Å². The lowest BCUT2D eigenvalue weighted by Crippen LogP contribution is -2.15. The first-order valence-electron chi connectivity index (χ1n) is 8.20. The van der Waals surface area contributed by atoms with Crippen LogP contribution >= 0.6 is 11.8 Å². The summed E-state index contributed by atoms with van der Waals surface area (Å²) in [6.45, 7) is 1.98. The van der Waals surface area contributed by atoms with Crippen LogP contribution in [0, 0.1) is 17.0 Å². The largest absolute Gasteiger partial charge is 0.494 e. The molecule has 0 aliphatic carbocycles. The number of ether oxygens (including phenoxy) is 1.